The number of carbonyl (C=O) groups is 1. The third-order valence-corrected chi connectivity index (χ3v) is 4.92. The van der Waals surface area contributed by atoms with E-state index in [-0.39, 0.29) is 28.0 Å². The number of nitrogens with zero attached hydrogens (tertiary/aromatic N) is 1. The standard InChI is InChI=1S/C20H15BrF2N2O4/c1-11-8-17(29-10-13-2-5-14(22)9-16(13)23)18(21)20(27)25(11)15-6-3-12(4-7-15)19(26)24-28/h2-9,28H,10H2,1H3,(H,24,26). The molecule has 0 radical (unpaired) electrons. The number of amides is 1. The van der Waals surface area contributed by atoms with Crippen LogP contribution in [0.15, 0.2) is 57.8 Å². The Morgan fingerprint density at radius 3 is 2.48 bits per heavy atom. The molecular formula is C20H15BrF2N2O4. The number of aromatic nitrogens is 1. The summed E-state index contributed by atoms with van der Waals surface area (Å²) in [6.45, 7) is 1.51. The summed E-state index contributed by atoms with van der Waals surface area (Å²) in [6, 6.07) is 10.8. The van der Waals surface area contributed by atoms with Gasteiger partial charge in [0.15, 0.2) is 0 Å². The van der Waals surface area contributed by atoms with Crippen molar-refractivity contribution in [2.24, 2.45) is 0 Å². The molecule has 1 amide bonds. The van der Waals surface area contributed by atoms with Gasteiger partial charge in [-0.15, -0.1) is 0 Å². The first-order chi connectivity index (χ1) is 13.8. The van der Waals surface area contributed by atoms with E-state index in [0.29, 0.717) is 11.4 Å². The van der Waals surface area contributed by atoms with Crippen LogP contribution in [-0.2, 0) is 6.61 Å². The van der Waals surface area contributed by atoms with E-state index in [0.717, 1.165) is 12.1 Å². The average Bonchev–Trinajstić information content (AvgIpc) is 2.70. The fourth-order valence-electron chi connectivity index (χ4n) is 2.73. The van der Waals surface area contributed by atoms with E-state index in [4.69, 9.17) is 9.94 Å². The molecule has 0 aliphatic rings. The Morgan fingerprint density at radius 2 is 1.86 bits per heavy atom. The molecular weight excluding hydrogens is 450 g/mol. The Bertz CT molecular complexity index is 1130. The average molecular weight is 465 g/mol. The third kappa shape index (κ3) is 4.36. The van der Waals surface area contributed by atoms with Crippen molar-refractivity contribution in [2.75, 3.05) is 0 Å². The Kier molecular flexibility index (Phi) is 6.09. The number of hydrogen-bond donors (Lipinski definition) is 2. The summed E-state index contributed by atoms with van der Waals surface area (Å²) in [5, 5.41) is 8.68. The van der Waals surface area contributed by atoms with E-state index < -0.39 is 23.1 Å². The van der Waals surface area contributed by atoms with E-state index in [9.17, 15) is 18.4 Å². The SMILES string of the molecule is Cc1cc(OCc2ccc(F)cc2F)c(Br)c(=O)n1-c1ccc(C(=O)NO)cc1. The van der Waals surface area contributed by atoms with Gasteiger partial charge in [0.1, 0.15) is 28.5 Å². The molecule has 2 N–H and O–H groups in total. The van der Waals surface area contributed by atoms with Crippen LogP contribution in [0, 0.1) is 18.6 Å². The van der Waals surface area contributed by atoms with Gasteiger partial charge in [0.2, 0.25) is 0 Å². The second kappa shape index (κ2) is 8.54. The van der Waals surface area contributed by atoms with E-state index in [1.807, 2.05) is 0 Å². The molecule has 0 unspecified atom stereocenters. The van der Waals surface area contributed by atoms with E-state index in [1.54, 1.807) is 25.1 Å². The predicted octanol–water partition coefficient (Wildman–Crippen LogP) is 3.88. The molecule has 0 atom stereocenters. The van der Waals surface area contributed by atoms with Crippen molar-refractivity contribution in [3.63, 3.8) is 0 Å². The van der Waals surface area contributed by atoms with E-state index >= 15 is 0 Å². The number of carbonyl (C=O) groups excluding carboxylic acids is 1. The molecule has 2 aromatic carbocycles. The minimum Gasteiger partial charge on any atom is -0.487 e. The normalized spacial score (nSPS) is 10.7. The highest BCUT2D eigenvalue weighted by atomic mass is 79.9. The second-order valence-electron chi connectivity index (χ2n) is 6.12. The maximum absolute atomic E-state index is 13.8. The lowest BCUT2D eigenvalue weighted by atomic mass is 10.2. The second-order valence-corrected chi connectivity index (χ2v) is 6.91. The molecule has 1 aromatic heterocycles. The lowest BCUT2D eigenvalue weighted by Gasteiger charge is -2.15. The van der Waals surface area contributed by atoms with Gasteiger partial charge >= 0.3 is 0 Å². The van der Waals surface area contributed by atoms with Gasteiger partial charge in [-0.25, -0.2) is 14.3 Å². The zero-order valence-electron chi connectivity index (χ0n) is 15.1. The number of aryl methyl sites for hydroxylation is 1. The number of ether oxygens (including phenoxy) is 1. The van der Waals surface area contributed by atoms with Gasteiger partial charge in [-0.1, -0.05) is 0 Å². The summed E-state index contributed by atoms with van der Waals surface area (Å²) in [5.74, 6) is -1.88. The van der Waals surface area contributed by atoms with Crippen molar-refractivity contribution in [1.29, 1.82) is 0 Å². The van der Waals surface area contributed by atoms with Gasteiger partial charge < -0.3 is 4.74 Å². The van der Waals surface area contributed by atoms with Gasteiger partial charge in [0, 0.05) is 34.6 Å². The molecule has 0 saturated heterocycles. The van der Waals surface area contributed by atoms with Crippen molar-refractivity contribution in [3.8, 4) is 11.4 Å². The molecule has 3 aromatic rings. The van der Waals surface area contributed by atoms with Crippen LogP contribution in [-0.4, -0.2) is 15.7 Å². The summed E-state index contributed by atoms with van der Waals surface area (Å²) < 4.78 is 33.9. The van der Waals surface area contributed by atoms with Crippen molar-refractivity contribution in [3.05, 3.63) is 91.8 Å². The van der Waals surface area contributed by atoms with Gasteiger partial charge in [-0.3, -0.25) is 19.4 Å². The lowest BCUT2D eigenvalue weighted by Crippen LogP contribution is -2.22. The highest BCUT2D eigenvalue weighted by Crippen LogP contribution is 2.25. The molecule has 9 heteroatoms. The lowest BCUT2D eigenvalue weighted by molar-refractivity contribution is 0.0706. The van der Waals surface area contributed by atoms with Crippen LogP contribution in [0.25, 0.3) is 5.69 Å². The number of pyridine rings is 1. The van der Waals surface area contributed by atoms with Gasteiger partial charge in [-0.2, -0.15) is 0 Å². The summed E-state index contributed by atoms with van der Waals surface area (Å²) in [5.41, 5.74) is 2.53. The van der Waals surface area contributed by atoms with Crippen LogP contribution in [0.4, 0.5) is 8.78 Å². The molecule has 0 bridgehead atoms. The zero-order valence-corrected chi connectivity index (χ0v) is 16.7. The Morgan fingerprint density at radius 1 is 1.17 bits per heavy atom. The number of halogens is 3. The molecule has 0 saturated carbocycles. The number of nitrogens with one attached hydrogen (secondary N) is 1. The molecule has 3 rings (SSSR count). The van der Waals surface area contributed by atoms with Crippen LogP contribution < -0.4 is 15.8 Å². The molecule has 0 aliphatic heterocycles. The topological polar surface area (TPSA) is 80.6 Å². The zero-order chi connectivity index (χ0) is 21.1. The van der Waals surface area contributed by atoms with Crippen LogP contribution in [0.5, 0.6) is 5.75 Å². The quantitative estimate of drug-likeness (QED) is 0.443. The van der Waals surface area contributed by atoms with Crippen LogP contribution in [0.2, 0.25) is 0 Å². The van der Waals surface area contributed by atoms with Gasteiger partial charge in [-0.05, 0) is 59.3 Å². The summed E-state index contributed by atoms with van der Waals surface area (Å²) in [7, 11) is 0. The molecule has 1 heterocycles. The number of benzene rings is 2. The van der Waals surface area contributed by atoms with Crippen molar-refractivity contribution >= 4 is 21.8 Å². The van der Waals surface area contributed by atoms with Crippen LogP contribution >= 0.6 is 15.9 Å². The molecule has 29 heavy (non-hydrogen) atoms. The number of rotatable bonds is 5. The Labute approximate surface area is 172 Å². The Hall–Kier alpha value is -3.04. The largest absolute Gasteiger partial charge is 0.487 e. The summed E-state index contributed by atoms with van der Waals surface area (Å²) in [6.07, 6.45) is 0. The van der Waals surface area contributed by atoms with Crippen molar-refractivity contribution in [1.82, 2.24) is 10.0 Å². The Balaban J connectivity index is 1.90. The first kappa shape index (κ1) is 20.7. The van der Waals surface area contributed by atoms with Gasteiger partial charge in [0.05, 0.1) is 0 Å². The van der Waals surface area contributed by atoms with Crippen molar-refractivity contribution in [2.45, 2.75) is 13.5 Å². The monoisotopic (exact) mass is 464 g/mol. The highest BCUT2D eigenvalue weighted by Gasteiger charge is 2.15. The molecule has 0 aliphatic carbocycles. The minimum atomic E-state index is -0.738. The molecule has 0 fully saturated rings. The summed E-state index contributed by atoms with van der Waals surface area (Å²) >= 11 is 3.21. The molecule has 0 spiro atoms. The van der Waals surface area contributed by atoms with E-state index in [1.165, 1.54) is 28.2 Å². The van der Waals surface area contributed by atoms with Gasteiger partial charge in [0.25, 0.3) is 11.5 Å². The van der Waals surface area contributed by atoms with E-state index in [2.05, 4.69) is 15.9 Å². The fraction of sp³-hybridized carbons (Fsp3) is 0.100. The van der Waals surface area contributed by atoms with Crippen LogP contribution in [0.3, 0.4) is 0 Å². The number of hydrogen-bond acceptors (Lipinski definition) is 4. The van der Waals surface area contributed by atoms with Crippen molar-refractivity contribution < 1.29 is 23.5 Å². The third-order valence-electron chi connectivity index (χ3n) is 4.19. The maximum Gasteiger partial charge on any atom is 0.274 e. The van der Waals surface area contributed by atoms with Crippen LogP contribution in [0.1, 0.15) is 21.6 Å². The minimum absolute atomic E-state index is 0.128. The first-order valence-electron chi connectivity index (χ1n) is 8.35. The highest BCUT2D eigenvalue weighted by molar-refractivity contribution is 9.10. The number of hydroxylamine groups is 1. The predicted molar refractivity (Wildman–Crippen MR) is 104 cm³/mol. The fourth-order valence-corrected chi connectivity index (χ4v) is 3.13. The maximum atomic E-state index is 13.8. The molecule has 6 nitrogen and oxygen atoms in total. The summed E-state index contributed by atoms with van der Waals surface area (Å²) in [4.78, 5) is 24.2. The molecule has 150 valence electrons. The first-order valence-corrected chi connectivity index (χ1v) is 9.15. The smallest absolute Gasteiger partial charge is 0.274 e.